The van der Waals surface area contributed by atoms with Gasteiger partial charge < -0.3 is 9.84 Å². The molecule has 4 rings (SSSR count). The van der Waals surface area contributed by atoms with Crippen LogP contribution < -0.4 is 5.32 Å². The van der Waals surface area contributed by atoms with Gasteiger partial charge in [0.2, 0.25) is 5.82 Å². The Labute approximate surface area is 182 Å². The van der Waals surface area contributed by atoms with Crippen LogP contribution >= 0.6 is 11.3 Å². The predicted octanol–water partition coefficient (Wildman–Crippen LogP) is 4.99. The molecule has 1 amide bonds. The lowest BCUT2D eigenvalue weighted by molar-refractivity contribution is -0.159. The molecule has 32 heavy (non-hydrogen) atoms. The third-order valence-corrected chi connectivity index (χ3v) is 5.28. The number of benzene rings is 2. The zero-order valence-electron chi connectivity index (χ0n) is 16.2. The first kappa shape index (κ1) is 21.6. The van der Waals surface area contributed by atoms with Crippen molar-refractivity contribution in [3.05, 3.63) is 76.2 Å². The zero-order chi connectivity index (χ0) is 22.7. The van der Waals surface area contributed by atoms with E-state index in [1.54, 1.807) is 12.1 Å². The first-order valence-corrected chi connectivity index (χ1v) is 10.2. The second kappa shape index (κ2) is 8.87. The number of carbonyl (C=O) groups excluding carboxylic acids is 1. The Morgan fingerprint density at radius 3 is 2.56 bits per heavy atom. The van der Waals surface area contributed by atoms with E-state index >= 15 is 0 Å². The first-order chi connectivity index (χ1) is 15.3. The number of hydrogen-bond acceptors (Lipinski definition) is 6. The molecule has 2 heterocycles. The maximum Gasteiger partial charge on any atom is 0.471 e. The quantitative estimate of drug-likeness (QED) is 0.409. The van der Waals surface area contributed by atoms with Crippen LogP contribution in [0.2, 0.25) is 0 Å². The molecule has 0 saturated carbocycles. The third-order valence-electron chi connectivity index (χ3n) is 4.37. The van der Waals surface area contributed by atoms with Gasteiger partial charge in [0, 0.05) is 35.0 Å². The van der Waals surface area contributed by atoms with E-state index in [1.165, 1.54) is 47.7 Å². The minimum absolute atomic E-state index is 0.223. The fourth-order valence-electron chi connectivity index (χ4n) is 2.82. The molecular formula is C21H14F4N4O2S. The van der Waals surface area contributed by atoms with Gasteiger partial charge in [-0.15, -0.1) is 11.3 Å². The number of halogens is 4. The molecule has 0 aliphatic rings. The Kier molecular flexibility index (Phi) is 5.99. The third kappa shape index (κ3) is 4.99. The number of rotatable bonds is 6. The van der Waals surface area contributed by atoms with Gasteiger partial charge in [-0.25, -0.2) is 9.37 Å². The number of nitrogens with one attached hydrogen (secondary N) is 1. The van der Waals surface area contributed by atoms with Gasteiger partial charge in [-0.2, -0.15) is 18.2 Å². The molecule has 1 N–H and O–H groups in total. The summed E-state index contributed by atoms with van der Waals surface area (Å²) in [6.45, 7) is 0.305. The van der Waals surface area contributed by atoms with Crippen LogP contribution in [-0.4, -0.2) is 27.6 Å². The highest BCUT2D eigenvalue weighted by Crippen LogP contribution is 2.29. The number of hydrogen-bond donors (Lipinski definition) is 1. The summed E-state index contributed by atoms with van der Waals surface area (Å²) in [5.74, 6) is -2.44. The van der Waals surface area contributed by atoms with Crippen molar-refractivity contribution in [3.63, 3.8) is 0 Å². The number of amides is 1. The Morgan fingerprint density at radius 2 is 1.84 bits per heavy atom. The van der Waals surface area contributed by atoms with Gasteiger partial charge in [-0.1, -0.05) is 17.3 Å². The topological polar surface area (TPSA) is 80.9 Å². The van der Waals surface area contributed by atoms with Crippen molar-refractivity contribution in [2.24, 2.45) is 0 Å². The number of thiazole rings is 1. The van der Waals surface area contributed by atoms with E-state index in [2.05, 4.69) is 25.0 Å². The van der Waals surface area contributed by atoms with Crippen molar-refractivity contribution in [1.82, 2.24) is 20.4 Å². The average Bonchev–Trinajstić information content (AvgIpc) is 3.44. The molecule has 0 spiro atoms. The lowest BCUT2D eigenvalue weighted by Gasteiger charge is -2.05. The van der Waals surface area contributed by atoms with E-state index in [4.69, 9.17) is 0 Å². The number of aromatic nitrogens is 3. The van der Waals surface area contributed by atoms with E-state index < -0.39 is 18.0 Å². The van der Waals surface area contributed by atoms with Crippen LogP contribution in [0.25, 0.3) is 22.6 Å². The molecule has 11 heteroatoms. The molecule has 0 bridgehead atoms. The minimum atomic E-state index is -4.74. The number of nitrogens with zero attached hydrogens (tertiary/aromatic N) is 3. The molecule has 0 aliphatic heterocycles. The summed E-state index contributed by atoms with van der Waals surface area (Å²) in [4.78, 5) is 20.2. The summed E-state index contributed by atoms with van der Waals surface area (Å²) in [5, 5.41) is 8.72. The van der Waals surface area contributed by atoms with E-state index in [-0.39, 0.29) is 22.8 Å². The van der Waals surface area contributed by atoms with Gasteiger partial charge in [-0.3, -0.25) is 4.79 Å². The molecule has 2 aromatic carbocycles. The maximum absolute atomic E-state index is 13.0. The molecular weight excluding hydrogens is 448 g/mol. The second-order valence-electron chi connectivity index (χ2n) is 6.64. The summed E-state index contributed by atoms with van der Waals surface area (Å²) in [7, 11) is 0. The summed E-state index contributed by atoms with van der Waals surface area (Å²) in [6.07, 6.45) is -4.26. The van der Waals surface area contributed by atoms with Crippen molar-refractivity contribution in [1.29, 1.82) is 0 Å². The SMILES string of the molecule is O=C(NCCc1nc(-c2ccc(F)cc2)cs1)c1cccc(-c2noc(C(F)(F)F)n2)c1. The molecule has 6 nitrogen and oxygen atoms in total. The monoisotopic (exact) mass is 462 g/mol. The average molecular weight is 462 g/mol. The molecule has 164 valence electrons. The molecule has 0 atom stereocenters. The molecule has 4 aromatic rings. The molecule has 2 aromatic heterocycles. The highest BCUT2D eigenvalue weighted by atomic mass is 32.1. The summed E-state index contributed by atoms with van der Waals surface area (Å²) in [5.41, 5.74) is 1.99. The zero-order valence-corrected chi connectivity index (χ0v) is 17.0. The second-order valence-corrected chi connectivity index (χ2v) is 7.58. The van der Waals surface area contributed by atoms with Crippen LogP contribution in [0.5, 0.6) is 0 Å². The van der Waals surface area contributed by atoms with E-state index in [1.807, 2.05) is 5.38 Å². The fraction of sp³-hybridized carbons (Fsp3) is 0.143. The lowest BCUT2D eigenvalue weighted by atomic mass is 10.1. The van der Waals surface area contributed by atoms with Crippen LogP contribution in [0.15, 0.2) is 58.4 Å². The Bertz CT molecular complexity index is 1240. The van der Waals surface area contributed by atoms with Gasteiger partial charge in [0.1, 0.15) is 5.82 Å². The highest BCUT2D eigenvalue weighted by Gasteiger charge is 2.38. The molecule has 0 aliphatic carbocycles. The molecule has 0 radical (unpaired) electrons. The Hall–Kier alpha value is -3.60. The normalized spacial score (nSPS) is 11.5. The van der Waals surface area contributed by atoms with Crippen molar-refractivity contribution in [2.45, 2.75) is 12.6 Å². The summed E-state index contributed by atoms with van der Waals surface area (Å²) >= 11 is 1.43. The smallest absolute Gasteiger partial charge is 0.352 e. The van der Waals surface area contributed by atoms with Crippen LogP contribution in [-0.2, 0) is 12.6 Å². The molecule has 0 fully saturated rings. The summed E-state index contributed by atoms with van der Waals surface area (Å²) in [6, 6.07) is 11.9. The molecule has 0 saturated heterocycles. The standard InChI is InChI=1S/C21H14F4N4O2S/c22-15-6-4-12(5-7-15)16-11-32-17(27-16)8-9-26-19(30)14-3-1-2-13(10-14)18-28-20(31-29-18)21(23,24)25/h1-7,10-11H,8-9H2,(H,26,30). The Morgan fingerprint density at radius 1 is 1.06 bits per heavy atom. The van der Waals surface area contributed by atoms with Crippen molar-refractivity contribution in [2.75, 3.05) is 6.54 Å². The first-order valence-electron chi connectivity index (χ1n) is 9.29. The van der Waals surface area contributed by atoms with Crippen LogP contribution in [0, 0.1) is 5.82 Å². The van der Waals surface area contributed by atoms with Gasteiger partial charge >= 0.3 is 12.1 Å². The van der Waals surface area contributed by atoms with E-state index in [0.29, 0.717) is 13.0 Å². The number of alkyl halides is 3. The van der Waals surface area contributed by atoms with Crippen molar-refractivity contribution in [3.8, 4) is 22.6 Å². The van der Waals surface area contributed by atoms with Gasteiger partial charge in [0.25, 0.3) is 5.91 Å². The van der Waals surface area contributed by atoms with Crippen molar-refractivity contribution < 1.29 is 26.9 Å². The Balaban J connectivity index is 1.36. The van der Waals surface area contributed by atoms with Gasteiger partial charge in [0.05, 0.1) is 10.7 Å². The molecule has 0 unspecified atom stereocenters. The fourth-order valence-corrected chi connectivity index (χ4v) is 3.63. The minimum Gasteiger partial charge on any atom is -0.352 e. The maximum atomic E-state index is 13.0. The van der Waals surface area contributed by atoms with E-state index in [0.717, 1.165) is 16.3 Å². The van der Waals surface area contributed by atoms with Crippen LogP contribution in [0.3, 0.4) is 0 Å². The highest BCUT2D eigenvalue weighted by molar-refractivity contribution is 7.09. The largest absolute Gasteiger partial charge is 0.471 e. The van der Waals surface area contributed by atoms with Crippen LogP contribution in [0.1, 0.15) is 21.3 Å². The van der Waals surface area contributed by atoms with E-state index in [9.17, 15) is 22.4 Å². The summed E-state index contributed by atoms with van der Waals surface area (Å²) < 4.78 is 55.2. The van der Waals surface area contributed by atoms with Gasteiger partial charge in [0.15, 0.2) is 0 Å². The van der Waals surface area contributed by atoms with Crippen LogP contribution in [0.4, 0.5) is 17.6 Å². The van der Waals surface area contributed by atoms with Gasteiger partial charge in [-0.05, 0) is 36.4 Å². The predicted molar refractivity (Wildman–Crippen MR) is 108 cm³/mol. The lowest BCUT2D eigenvalue weighted by Crippen LogP contribution is -2.25. The number of carbonyl (C=O) groups is 1. The van der Waals surface area contributed by atoms with Crippen molar-refractivity contribution >= 4 is 17.2 Å².